The van der Waals surface area contributed by atoms with Crippen molar-refractivity contribution in [2.24, 2.45) is 5.92 Å². The third-order valence-corrected chi connectivity index (χ3v) is 1.84. The van der Waals surface area contributed by atoms with Crippen LogP contribution >= 0.6 is 0 Å². The molecule has 0 aromatic rings. The largest absolute Gasteiger partial charge is 0.370 e. The summed E-state index contributed by atoms with van der Waals surface area (Å²) < 4.78 is 5.16. The van der Waals surface area contributed by atoms with Crippen LogP contribution in [-0.2, 0) is 14.3 Å². The number of rotatable bonds is 5. The highest BCUT2D eigenvalue weighted by molar-refractivity contribution is 5.88. The monoisotopic (exact) mass is 172 g/mol. The lowest BCUT2D eigenvalue weighted by atomic mass is 9.98. The predicted octanol–water partition coefficient (Wildman–Crippen LogP) is 1.21. The van der Waals surface area contributed by atoms with Crippen molar-refractivity contribution in [3.63, 3.8) is 0 Å². The third-order valence-electron chi connectivity index (χ3n) is 1.84. The highest BCUT2D eigenvalue weighted by Gasteiger charge is 2.25. The molecule has 0 saturated heterocycles. The lowest BCUT2D eigenvalue weighted by Crippen LogP contribution is -2.33. The number of ketones is 2. The van der Waals surface area contributed by atoms with Gasteiger partial charge in [-0.05, 0) is 20.8 Å². The zero-order valence-corrected chi connectivity index (χ0v) is 8.09. The average molecular weight is 172 g/mol. The molecule has 0 bridgehead atoms. The van der Waals surface area contributed by atoms with Crippen LogP contribution in [0.4, 0.5) is 0 Å². The molecule has 0 saturated carbocycles. The van der Waals surface area contributed by atoms with Crippen molar-refractivity contribution in [1.82, 2.24) is 0 Å². The van der Waals surface area contributed by atoms with E-state index in [-0.39, 0.29) is 17.5 Å². The Balaban J connectivity index is 4.28. The molecule has 0 aromatic heterocycles. The summed E-state index contributed by atoms with van der Waals surface area (Å²) in [6.07, 6.45) is -0.563. The van der Waals surface area contributed by atoms with Crippen molar-refractivity contribution in [3.8, 4) is 0 Å². The van der Waals surface area contributed by atoms with E-state index in [1.54, 1.807) is 6.92 Å². The van der Waals surface area contributed by atoms with Crippen LogP contribution in [0.1, 0.15) is 27.7 Å². The van der Waals surface area contributed by atoms with Crippen molar-refractivity contribution in [2.75, 3.05) is 6.61 Å². The second kappa shape index (κ2) is 5.04. The maximum Gasteiger partial charge on any atom is 0.159 e. The molecule has 0 heterocycles. The first kappa shape index (κ1) is 11.3. The summed E-state index contributed by atoms with van der Waals surface area (Å²) in [6, 6.07) is 0. The van der Waals surface area contributed by atoms with E-state index in [9.17, 15) is 9.59 Å². The highest BCUT2D eigenvalue weighted by Crippen LogP contribution is 2.09. The van der Waals surface area contributed by atoms with Crippen LogP contribution in [0.25, 0.3) is 0 Å². The molecule has 0 spiro atoms. The molecular formula is C9H16O3. The quantitative estimate of drug-likeness (QED) is 0.626. The van der Waals surface area contributed by atoms with Gasteiger partial charge in [0.1, 0.15) is 11.9 Å². The van der Waals surface area contributed by atoms with Gasteiger partial charge in [-0.2, -0.15) is 0 Å². The van der Waals surface area contributed by atoms with Crippen LogP contribution in [0.5, 0.6) is 0 Å². The molecule has 0 aliphatic rings. The highest BCUT2D eigenvalue weighted by atomic mass is 16.5. The molecule has 2 atom stereocenters. The molecule has 2 unspecified atom stereocenters. The molecule has 12 heavy (non-hydrogen) atoms. The van der Waals surface area contributed by atoms with Gasteiger partial charge in [0.25, 0.3) is 0 Å². The fraction of sp³-hybridized carbons (Fsp3) is 0.778. The molecule has 0 amide bonds. The summed E-state index contributed by atoms with van der Waals surface area (Å²) in [7, 11) is 0. The van der Waals surface area contributed by atoms with E-state index in [4.69, 9.17) is 4.74 Å². The van der Waals surface area contributed by atoms with E-state index in [2.05, 4.69) is 0 Å². The van der Waals surface area contributed by atoms with Crippen LogP contribution < -0.4 is 0 Å². The van der Waals surface area contributed by atoms with Gasteiger partial charge in [0.15, 0.2) is 5.78 Å². The fourth-order valence-electron chi connectivity index (χ4n) is 1.01. The van der Waals surface area contributed by atoms with Gasteiger partial charge in [-0.1, -0.05) is 6.92 Å². The molecular weight excluding hydrogens is 156 g/mol. The smallest absolute Gasteiger partial charge is 0.159 e. The summed E-state index contributed by atoms with van der Waals surface area (Å²) in [5.74, 6) is -0.425. The van der Waals surface area contributed by atoms with Gasteiger partial charge < -0.3 is 4.74 Å². The molecule has 0 radical (unpaired) electrons. The number of ether oxygens (including phenoxy) is 1. The van der Waals surface area contributed by atoms with Crippen molar-refractivity contribution >= 4 is 11.6 Å². The molecule has 0 rings (SSSR count). The summed E-state index contributed by atoms with van der Waals surface area (Å²) >= 11 is 0. The fourth-order valence-corrected chi connectivity index (χ4v) is 1.01. The second-order valence-electron chi connectivity index (χ2n) is 2.89. The van der Waals surface area contributed by atoms with Crippen LogP contribution in [0.2, 0.25) is 0 Å². The first-order valence-corrected chi connectivity index (χ1v) is 4.13. The number of hydrogen-bond donors (Lipinski definition) is 0. The third kappa shape index (κ3) is 3.13. The van der Waals surface area contributed by atoms with Gasteiger partial charge in [-0.3, -0.25) is 9.59 Å². The Labute approximate surface area is 73.1 Å². The molecule has 0 fully saturated rings. The average Bonchev–Trinajstić information content (AvgIpc) is 1.98. The van der Waals surface area contributed by atoms with Crippen molar-refractivity contribution in [2.45, 2.75) is 33.8 Å². The van der Waals surface area contributed by atoms with Gasteiger partial charge in [0.05, 0.1) is 0 Å². The van der Waals surface area contributed by atoms with E-state index in [1.165, 1.54) is 13.8 Å². The normalized spacial score (nSPS) is 15.3. The van der Waals surface area contributed by atoms with E-state index in [0.717, 1.165) is 0 Å². The van der Waals surface area contributed by atoms with Crippen LogP contribution in [0.15, 0.2) is 0 Å². The molecule has 70 valence electrons. The Kier molecular flexibility index (Phi) is 4.74. The Bertz CT molecular complexity index is 175. The SMILES string of the molecule is CCOC(C(C)=O)C(C)C(C)=O. The first-order valence-electron chi connectivity index (χ1n) is 4.13. The van der Waals surface area contributed by atoms with Gasteiger partial charge in [-0.15, -0.1) is 0 Å². The summed E-state index contributed by atoms with van der Waals surface area (Å²) in [6.45, 7) is 6.90. The topological polar surface area (TPSA) is 43.4 Å². The van der Waals surface area contributed by atoms with Crippen molar-refractivity contribution in [1.29, 1.82) is 0 Å². The van der Waals surface area contributed by atoms with E-state index >= 15 is 0 Å². The maximum absolute atomic E-state index is 11.0. The minimum atomic E-state index is -0.563. The summed E-state index contributed by atoms with van der Waals surface area (Å²) in [4.78, 5) is 21.9. The van der Waals surface area contributed by atoms with E-state index in [1.807, 2.05) is 6.92 Å². The molecule has 3 heteroatoms. The van der Waals surface area contributed by atoms with Crippen molar-refractivity contribution in [3.05, 3.63) is 0 Å². The first-order chi connectivity index (χ1) is 5.50. The summed E-state index contributed by atoms with van der Waals surface area (Å²) in [5, 5.41) is 0. The van der Waals surface area contributed by atoms with Gasteiger partial charge >= 0.3 is 0 Å². The van der Waals surface area contributed by atoms with Crippen LogP contribution in [-0.4, -0.2) is 24.3 Å². The Morgan fingerprint density at radius 2 is 1.75 bits per heavy atom. The molecule has 0 aromatic carbocycles. The summed E-state index contributed by atoms with van der Waals surface area (Å²) in [5.41, 5.74) is 0. The zero-order chi connectivity index (χ0) is 9.72. The standard InChI is InChI=1S/C9H16O3/c1-5-12-9(8(4)11)6(2)7(3)10/h6,9H,5H2,1-4H3. The van der Waals surface area contributed by atoms with Gasteiger partial charge in [0, 0.05) is 12.5 Å². The van der Waals surface area contributed by atoms with Gasteiger partial charge in [0.2, 0.25) is 0 Å². The molecule has 0 aliphatic carbocycles. The molecule has 0 aliphatic heterocycles. The van der Waals surface area contributed by atoms with Crippen molar-refractivity contribution < 1.29 is 14.3 Å². The molecule has 3 nitrogen and oxygen atoms in total. The van der Waals surface area contributed by atoms with E-state index < -0.39 is 6.10 Å². The number of Topliss-reactive ketones (excluding diaryl/α,β-unsaturated/α-hetero) is 2. The Morgan fingerprint density at radius 3 is 2.00 bits per heavy atom. The zero-order valence-electron chi connectivity index (χ0n) is 8.09. The molecule has 0 N–H and O–H groups in total. The number of carbonyl (C=O) groups is 2. The minimum absolute atomic E-state index is 0.0105. The number of hydrogen-bond acceptors (Lipinski definition) is 3. The number of carbonyl (C=O) groups excluding carboxylic acids is 2. The predicted molar refractivity (Wildman–Crippen MR) is 45.9 cm³/mol. The maximum atomic E-state index is 11.0. The minimum Gasteiger partial charge on any atom is -0.370 e. The van der Waals surface area contributed by atoms with Crippen LogP contribution in [0, 0.1) is 5.92 Å². The lowest BCUT2D eigenvalue weighted by molar-refractivity contribution is -0.138. The Morgan fingerprint density at radius 1 is 1.25 bits per heavy atom. The van der Waals surface area contributed by atoms with E-state index in [0.29, 0.717) is 6.61 Å². The van der Waals surface area contributed by atoms with Crippen LogP contribution in [0.3, 0.4) is 0 Å². The van der Waals surface area contributed by atoms with Gasteiger partial charge in [-0.25, -0.2) is 0 Å². The lowest BCUT2D eigenvalue weighted by Gasteiger charge is -2.18. The Hall–Kier alpha value is -0.700. The second-order valence-corrected chi connectivity index (χ2v) is 2.89.